The molecule has 1 amide bonds. The van der Waals surface area contributed by atoms with E-state index >= 15 is 0 Å². The molecule has 0 aliphatic carbocycles. The molecule has 3 rings (SSSR count). The normalized spacial score (nSPS) is 16.1. The molecule has 0 unspecified atom stereocenters. The number of ether oxygens (including phenoxy) is 1. The van der Waals surface area contributed by atoms with Crippen molar-refractivity contribution in [3.05, 3.63) is 46.6 Å². The molecule has 0 saturated carbocycles. The average Bonchev–Trinajstić information content (AvgIpc) is 2.78. The molecule has 22 heavy (non-hydrogen) atoms. The second-order valence-corrected chi connectivity index (χ2v) is 6.33. The zero-order valence-corrected chi connectivity index (χ0v) is 13.4. The highest BCUT2D eigenvalue weighted by molar-refractivity contribution is 6.31. The summed E-state index contributed by atoms with van der Waals surface area (Å²) in [6, 6.07) is 9.48. The number of hydrogen-bond acceptors (Lipinski definition) is 3. The number of carbonyl (C=O) groups excluding carboxylic acids is 1. The molecule has 116 valence electrons. The summed E-state index contributed by atoms with van der Waals surface area (Å²) >= 11 is 6.20. The van der Waals surface area contributed by atoms with E-state index in [2.05, 4.69) is 10.4 Å². The van der Waals surface area contributed by atoms with E-state index in [0.29, 0.717) is 30.6 Å². The van der Waals surface area contributed by atoms with Crippen molar-refractivity contribution in [1.82, 2.24) is 9.78 Å². The zero-order chi connectivity index (χ0) is 15.7. The fraction of sp³-hybridized carbons (Fsp3) is 0.375. The molecule has 1 fully saturated rings. The third-order valence-electron chi connectivity index (χ3n) is 3.81. The van der Waals surface area contributed by atoms with E-state index in [1.807, 2.05) is 44.2 Å². The van der Waals surface area contributed by atoms with Crippen LogP contribution in [0.15, 0.2) is 30.3 Å². The average molecular weight is 320 g/mol. The van der Waals surface area contributed by atoms with Crippen molar-refractivity contribution in [1.29, 1.82) is 0 Å². The lowest BCUT2D eigenvalue weighted by Gasteiger charge is -2.36. The molecule has 2 aromatic rings. The number of anilines is 1. The minimum Gasteiger partial charge on any atom is -0.379 e. The van der Waals surface area contributed by atoms with Crippen LogP contribution in [0.2, 0.25) is 5.02 Å². The Morgan fingerprint density at radius 2 is 2.18 bits per heavy atom. The fourth-order valence-electron chi connectivity index (χ4n) is 2.36. The fourth-order valence-corrected chi connectivity index (χ4v) is 2.56. The number of rotatable bonds is 4. The van der Waals surface area contributed by atoms with Crippen LogP contribution in [0.5, 0.6) is 0 Å². The van der Waals surface area contributed by atoms with Gasteiger partial charge in [0.1, 0.15) is 5.82 Å². The smallest absolute Gasteiger partial charge is 0.236 e. The van der Waals surface area contributed by atoms with Gasteiger partial charge in [-0.15, -0.1) is 0 Å². The molecule has 1 aromatic heterocycles. The first-order valence-corrected chi connectivity index (χ1v) is 7.53. The van der Waals surface area contributed by atoms with Gasteiger partial charge >= 0.3 is 0 Å². The number of halogens is 1. The molecule has 0 bridgehead atoms. The van der Waals surface area contributed by atoms with E-state index in [9.17, 15) is 4.79 Å². The molecule has 1 N–H and O–H groups in total. The van der Waals surface area contributed by atoms with Gasteiger partial charge in [-0.2, -0.15) is 5.10 Å². The number of nitrogens with one attached hydrogen (secondary N) is 1. The van der Waals surface area contributed by atoms with Gasteiger partial charge in [-0.05, 0) is 25.5 Å². The number of aryl methyl sites for hydroxylation is 1. The molecule has 2 heterocycles. The predicted octanol–water partition coefficient (Wildman–Crippen LogP) is 2.87. The maximum atomic E-state index is 12.3. The van der Waals surface area contributed by atoms with Crippen molar-refractivity contribution in [2.75, 3.05) is 18.5 Å². The molecule has 1 saturated heterocycles. The molecule has 1 aliphatic heterocycles. The first kappa shape index (κ1) is 15.1. The van der Waals surface area contributed by atoms with E-state index in [4.69, 9.17) is 16.3 Å². The Morgan fingerprint density at radius 1 is 1.45 bits per heavy atom. The number of hydrogen-bond donors (Lipinski definition) is 1. The largest absolute Gasteiger partial charge is 0.379 e. The molecule has 0 atom stereocenters. The quantitative estimate of drug-likeness (QED) is 0.942. The Bertz CT molecular complexity index is 707. The molecule has 0 spiro atoms. The first-order valence-electron chi connectivity index (χ1n) is 7.15. The number of nitrogens with zero attached hydrogens (tertiary/aromatic N) is 2. The molecule has 0 radical (unpaired) electrons. The minimum absolute atomic E-state index is 0.0425. The van der Waals surface area contributed by atoms with Gasteiger partial charge in [0.05, 0.1) is 30.9 Å². The highest BCUT2D eigenvalue weighted by atomic mass is 35.5. The van der Waals surface area contributed by atoms with Crippen LogP contribution in [-0.4, -0.2) is 28.9 Å². The highest BCUT2D eigenvalue weighted by Gasteiger charge is 2.41. The third kappa shape index (κ3) is 2.87. The van der Waals surface area contributed by atoms with E-state index in [1.54, 1.807) is 4.68 Å². The summed E-state index contributed by atoms with van der Waals surface area (Å²) in [6.45, 7) is 5.21. The van der Waals surface area contributed by atoms with E-state index in [-0.39, 0.29) is 5.91 Å². The lowest BCUT2D eigenvalue weighted by atomic mass is 9.88. The van der Waals surface area contributed by atoms with Crippen molar-refractivity contribution >= 4 is 23.3 Å². The van der Waals surface area contributed by atoms with E-state index in [0.717, 1.165) is 11.3 Å². The molecule has 6 heteroatoms. The standard InChI is InChI=1S/C16H18ClN3O2/c1-11-7-14(18-15(21)16(2)9-22-10-16)20(19-11)8-12-5-3-4-6-13(12)17/h3-7H,8-10H2,1-2H3,(H,18,21). The Hall–Kier alpha value is -1.85. The Morgan fingerprint density at radius 3 is 2.82 bits per heavy atom. The monoisotopic (exact) mass is 319 g/mol. The summed E-state index contributed by atoms with van der Waals surface area (Å²) in [5.74, 6) is 0.634. The van der Waals surface area contributed by atoms with Crippen molar-refractivity contribution in [2.24, 2.45) is 5.41 Å². The van der Waals surface area contributed by atoms with Gasteiger partial charge in [0.2, 0.25) is 5.91 Å². The molecule has 1 aliphatic rings. The summed E-state index contributed by atoms with van der Waals surface area (Å²) in [6.07, 6.45) is 0. The lowest BCUT2D eigenvalue weighted by molar-refractivity contribution is -0.152. The summed E-state index contributed by atoms with van der Waals surface area (Å²) in [5.41, 5.74) is 1.35. The van der Waals surface area contributed by atoms with Crippen molar-refractivity contribution < 1.29 is 9.53 Å². The first-order chi connectivity index (χ1) is 10.5. The van der Waals surface area contributed by atoms with Gasteiger partial charge in [-0.1, -0.05) is 29.8 Å². The van der Waals surface area contributed by atoms with Crippen molar-refractivity contribution in [2.45, 2.75) is 20.4 Å². The molecular formula is C16H18ClN3O2. The third-order valence-corrected chi connectivity index (χ3v) is 4.18. The van der Waals surface area contributed by atoms with Crippen LogP contribution in [0.3, 0.4) is 0 Å². The number of amides is 1. The lowest BCUT2D eigenvalue weighted by Crippen LogP contribution is -2.49. The number of aromatic nitrogens is 2. The zero-order valence-electron chi connectivity index (χ0n) is 12.6. The van der Waals surface area contributed by atoms with Crippen LogP contribution in [0.4, 0.5) is 5.82 Å². The van der Waals surface area contributed by atoms with Gasteiger partial charge in [0.25, 0.3) is 0 Å². The van der Waals surface area contributed by atoms with Gasteiger partial charge < -0.3 is 10.1 Å². The summed E-state index contributed by atoms with van der Waals surface area (Å²) in [4.78, 5) is 12.3. The van der Waals surface area contributed by atoms with Crippen LogP contribution in [0.25, 0.3) is 0 Å². The summed E-state index contributed by atoms with van der Waals surface area (Å²) in [5, 5.41) is 8.08. The minimum atomic E-state index is -0.451. The van der Waals surface area contributed by atoms with Crippen LogP contribution in [-0.2, 0) is 16.1 Å². The number of carbonyl (C=O) groups is 1. The van der Waals surface area contributed by atoms with Crippen LogP contribution >= 0.6 is 11.6 Å². The van der Waals surface area contributed by atoms with Gasteiger partial charge in [0.15, 0.2) is 0 Å². The molecule has 5 nitrogen and oxygen atoms in total. The van der Waals surface area contributed by atoms with Gasteiger partial charge in [-0.3, -0.25) is 4.79 Å². The topological polar surface area (TPSA) is 56.1 Å². The second kappa shape index (κ2) is 5.74. The number of benzene rings is 1. The van der Waals surface area contributed by atoms with Crippen molar-refractivity contribution in [3.8, 4) is 0 Å². The van der Waals surface area contributed by atoms with E-state index in [1.165, 1.54) is 0 Å². The van der Waals surface area contributed by atoms with E-state index < -0.39 is 5.41 Å². The maximum Gasteiger partial charge on any atom is 0.236 e. The van der Waals surface area contributed by atoms with Crippen LogP contribution < -0.4 is 5.32 Å². The van der Waals surface area contributed by atoms with Crippen LogP contribution in [0.1, 0.15) is 18.2 Å². The van der Waals surface area contributed by atoms with Gasteiger partial charge in [0, 0.05) is 11.1 Å². The Balaban J connectivity index is 1.81. The Kier molecular flexibility index (Phi) is 3.93. The second-order valence-electron chi connectivity index (χ2n) is 5.93. The molecule has 1 aromatic carbocycles. The maximum absolute atomic E-state index is 12.3. The summed E-state index contributed by atoms with van der Waals surface area (Å²) in [7, 11) is 0. The predicted molar refractivity (Wildman–Crippen MR) is 85.1 cm³/mol. The van der Waals surface area contributed by atoms with Crippen LogP contribution in [0, 0.1) is 12.3 Å². The van der Waals surface area contributed by atoms with Crippen molar-refractivity contribution in [3.63, 3.8) is 0 Å². The SMILES string of the molecule is Cc1cc(NC(=O)C2(C)COC2)n(Cc2ccccc2Cl)n1. The van der Waals surface area contributed by atoms with Gasteiger partial charge in [-0.25, -0.2) is 4.68 Å². The highest BCUT2D eigenvalue weighted by Crippen LogP contribution is 2.28. The Labute approximate surface area is 134 Å². The molecular weight excluding hydrogens is 302 g/mol. The summed E-state index contributed by atoms with van der Waals surface area (Å²) < 4.78 is 6.90.